The van der Waals surface area contributed by atoms with Crippen LogP contribution in [0.1, 0.15) is 0 Å². The molecule has 9 heteroatoms. The monoisotopic (exact) mass is 305 g/mol. The molecule has 1 N–H and O–H groups in total. The topological polar surface area (TPSA) is 94.7 Å². The van der Waals surface area contributed by atoms with E-state index in [-0.39, 0.29) is 32.4 Å². The van der Waals surface area contributed by atoms with Crippen molar-refractivity contribution in [1.29, 1.82) is 0 Å². The molecular weight excluding hydrogens is 294 g/mol. The molecular formula is C12H11N5O3S. The summed E-state index contributed by atoms with van der Waals surface area (Å²) in [5.41, 5.74) is -0.874. The van der Waals surface area contributed by atoms with Crippen LogP contribution in [0, 0.1) is 4.77 Å². The molecule has 0 aliphatic heterocycles. The third-order valence-corrected chi connectivity index (χ3v) is 3.87. The predicted octanol–water partition coefficient (Wildman–Crippen LogP) is -0.458. The van der Waals surface area contributed by atoms with Gasteiger partial charge in [0.25, 0.3) is 11.1 Å². The summed E-state index contributed by atoms with van der Waals surface area (Å²) in [7, 11) is 4.42. The average Bonchev–Trinajstić information content (AvgIpc) is 2.47. The molecule has 3 aromatic heterocycles. The maximum atomic E-state index is 12.2. The summed E-state index contributed by atoms with van der Waals surface area (Å²) >= 11 is 5.03. The highest BCUT2D eigenvalue weighted by molar-refractivity contribution is 7.71. The van der Waals surface area contributed by atoms with Gasteiger partial charge in [0.1, 0.15) is 5.65 Å². The van der Waals surface area contributed by atoms with E-state index in [4.69, 9.17) is 12.2 Å². The van der Waals surface area contributed by atoms with Gasteiger partial charge >= 0.3 is 5.69 Å². The Balaban J connectivity index is 2.73. The van der Waals surface area contributed by atoms with Crippen molar-refractivity contribution < 1.29 is 0 Å². The van der Waals surface area contributed by atoms with E-state index in [9.17, 15) is 14.4 Å². The number of nitrogens with one attached hydrogen (secondary N) is 1. The Morgan fingerprint density at radius 1 is 1.00 bits per heavy atom. The van der Waals surface area contributed by atoms with Crippen molar-refractivity contribution >= 4 is 34.3 Å². The van der Waals surface area contributed by atoms with Crippen molar-refractivity contribution in [3.63, 3.8) is 0 Å². The van der Waals surface area contributed by atoms with E-state index in [1.165, 1.54) is 36.3 Å². The minimum Gasteiger partial charge on any atom is -0.316 e. The van der Waals surface area contributed by atoms with E-state index in [1.54, 1.807) is 0 Å². The number of hydrogen-bond acceptors (Lipinski definition) is 5. The molecule has 0 spiro atoms. The van der Waals surface area contributed by atoms with E-state index in [0.717, 1.165) is 4.57 Å². The van der Waals surface area contributed by atoms with Gasteiger partial charge in [0, 0.05) is 21.1 Å². The molecule has 0 amide bonds. The second-order valence-corrected chi connectivity index (χ2v) is 5.14. The van der Waals surface area contributed by atoms with Crippen LogP contribution in [0.15, 0.2) is 20.4 Å². The molecule has 3 aromatic rings. The first kappa shape index (κ1) is 13.4. The van der Waals surface area contributed by atoms with Crippen LogP contribution in [-0.2, 0) is 21.1 Å². The Morgan fingerprint density at radius 2 is 1.62 bits per heavy atom. The molecule has 0 saturated carbocycles. The number of H-pyrrole nitrogens is 1. The van der Waals surface area contributed by atoms with Crippen molar-refractivity contribution in [2.45, 2.75) is 0 Å². The van der Waals surface area contributed by atoms with Crippen LogP contribution in [0.25, 0.3) is 22.1 Å². The van der Waals surface area contributed by atoms with Gasteiger partial charge in [-0.15, -0.1) is 0 Å². The molecule has 0 atom stereocenters. The third kappa shape index (κ3) is 1.70. The molecule has 0 radical (unpaired) electrons. The Morgan fingerprint density at radius 3 is 2.29 bits per heavy atom. The number of fused-ring (bicyclic) bond motifs is 2. The molecule has 0 aliphatic rings. The van der Waals surface area contributed by atoms with Crippen LogP contribution in [0.2, 0.25) is 0 Å². The van der Waals surface area contributed by atoms with Crippen LogP contribution in [0.5, 0.6) is 0 Å². The SMILES string of the molecule is Cn1c(=S)[nH]c2nc3c(cc2c1=O)c(=O)n(C)c(=O)n3C. The first-order chi connectivity index (χ1) is 9.82. The van der Waals surface area contributed by atoms with Crippen molar-refractivity contribution in [3.8, 4) is 0 Å². The highest BCUT2D eigenvalue weighted by atomic mass is 32.1. The van der Waals surface area contributed by atoms with Crippen LogP contribution in [0.4, 0.5) is 0 Å². The van der Waals surface area contributed by atoms with Gasteiger partial charge in [-0.1, -0.05) is 0 Å². The quantitative estimate of drug-likeness (QED) is 0.448. The molecule has 0 aromatic carbocycles. The second kappa shape index (κ2) is 4.22. The second-order valence-electron chi connectivity index (χ2n) is 4.76. The van der Waals surface area contributed by atoms with Gasteiger partial charge in [-0.25, -0.2) is 9.78 Å². The fraction of sp³-hybridized carbons (Fsp3) is 0.250. The molecule has 0 saturated heterocycles. The Kier molecular flexibility index (Phi) is 2.70. The third-order valence-electron chi connectivity index (χ3n) is 3.49. The number of aryl methyl sites for hydroxylation is 1. The summed E-state index contributed by atoms with van der Waals surface area (Å²) in [5, 5.41) is 0.448. The van der Waals surface area contributed by atoms with Crippen molar-refractivity contribution in [2.24, 2.45) is 21.1 Å². The van der Waals surface area contributed by atoms with E-state index in [0.29, 0.717) is 0 Å². The lowest BCUT2D eigenvalue weighted by Crippen LogP contribution is -2.37. The molecule has 0 bridgehead atoms. The van der Waals surface area contributed by atoms with Gasteiger partial charge in [-0.2, -0.15) is 0 Å². The minimum absolute atomic E-state index is 0.203. The molecule has 0 aliphatic carbocycles. The zero-order valence-electron chi connectivity index (χ0n) is 11.5. The predicted molar refractivity (Wildman–Crippen MR) is 80.2 cm³/mol. The molecule has 108 valence electrons. The first-order valence-electron chi connectivity index (χ1n) is 6.02. The molecule has 3 rings (SSSR count). The fourth-order valence-corrected chi connectivity index (χ4v) is 2.40. The number of rotatable bonds is 0. The van der Waals surface area contributed by atoms with Gasteiger partial charge < -0.3 is 4.98 Å². The highest BCUT2D eigenvalue weighted by Gasteiger charge is 2.13. The van der Waals surface area contributed by atoms with E-state index in [1.807, 2.05) is 0 Å². The van der Waals surface area contributed by atoms with Crippen molar-refractivity contribution in [2.75, 3.05) is 0 Å². The zero-order valence-corrected chi connectivity index (χ0v) is 12.3. The van der Waals surface area contributed by atoms with Gasteiger partial charge in [-0.05, 0) is 18.3 Å². The van der Waals surface area contributed by atoms with E-state index >= 15 is 0 Å². The number of pyridine rings is 1. The van der Waals surface area contributed by atoms with Crippen molar-refractivity contribution in [1.82, 2.24) is 23.7 Å². The van der Waals surface area contributed by atoms with Gasteiger partial charge in [-0.3, -0.25) is 23.3 Å². The summed E-state index contributed by atoms with van der Waals surface area (Å²) < 4.78 is 3.71. The summed E-state index contributed by atoms with van der Waals surface area (Å²) in [6.45, 7) is 0. The fourth-order valence-electron chi connectivity index (χ4n) is 2.22. The smallest absolute Gasteiger partial charge is 0.316 e. The largest absolute Gasteiger partial charge is 0.332 e. The van der Waals surface area contributed by atoms with Crippen LogP contribution in [-0.4, -0.2) is 23.7 Å². The normalized spacial score (nSPS) is 11.4. The first-order valence-corrected chi connectivity index (χ1v) is 6.43. The lowest BCUT2D eigenvalue weighted by molar-refractivity contribution is 0.708. The van der Waals surface area contributed by atoms with Crippen molar-refractivity contribution in [3.05, 3.63) is 42.0 Å². The summed E-state index contributed by atoms with van der Waals surface area (Å²) in [4.78, 5) is 43.3. The maximum absolute atomic E-state index is 12.2. The summed E-state index contributed by atoms with van der Waals surface area (Å²) in [6, 6.07) is 1.44. The standard InChI is InChI=1S/C12H11N5O3S/c1-15-8-6(10(19)17(3)12(15)20)4-5-7(13-8)14-11(21)16(2)9(5)18/h4H,1-3H3,(H,13,14,21). The minimum atomic E-state index is -0.494. The van der Waals surface area contributed by atoms with Crippen LogP contribution < -0.4 is 16.8 Å². The lowest BCUT2D eigenvalue weighted by atomic mass is 10.2. The summed E-state index contributed by atoms with van der Waals surface area (Å²) in [6.07, 6.45) is 0. The maximum Gasteiger partial charge on any atom is 0.332 e. The molecule has 8 nitrogen and oxygen atoms in total. The van der Waals surface area contributed by atoms with E-state index < -0.39 is 11.2 Å². The molecule has 0 fully saturated rings. The van der Waals surface area contributed by atoms with Gasteiger partial charge in [0.2, 0.25) is 0 Å². The highest BCUT2D eigenvalue weighted by Crippen LogP contribution is 2.11. The van der Waals surface area contributed by atoms with Gasteiger partial charge in [0.05, 0.1) is 10.8 Å². The van der Waals surface area contributed by atoms with Crippen LogP contribution in [0.3, 0.4) is 0 Å². The molecule has 0 unspecified atom stereocenters. The summed E-state index contributed by atoms with van der Waals surface area (Å²) in [5.74, 6) is 0. The van der Waals surface area contributed by atoms with Crippen LogP contribution >= 0.6 is 12.2 Å². The average molecular weight is 305 g/mol. The van der Waals surface area contributed by atoms with Gasteiger partial charge in [0.15, 0.2) is 10.4 Å². The lowest BCUT2D eigenvalue weighted by Gasteiger charge is -2.08. The number of nitrogens with zero attached hydrogens (tertiary/aromatic N) is 4. The Hall–Kier alpha value is -2.55. The zero-order chi connectivity index (χ0) is 15.5. The molecule has 21 heavy (non-hydrogen) atoms. The van der Waals surface area contributed by atoms with E-state index in [2.05, 4.69) is 9.97 Å². The molecule has 3 heterocycles. The Labute approximate surface area is 121 Å². The number of aromatic amines is 1. The number of aromatic nitrogens is 5. The Bertz CT molecular complexity index is 1150. The number of hydrogen-bond donors (Lipinski definition) is 1.